The Kier molecular flexibility index (Phi) is 5.03. The lowest BCUT2D eigenvalue weighted by Gasteiger charge is -2.35. The molecule has 0 N–H and O–H groups in total. The highest BCUT2D eigenvalue weighted by Gasteiger charge is 2.30. The van der Waals surface area contributed by atoms with Crippen LogP contribution in [0.2, 0.25) is 0 Å². The van der Waals surface area contributed by atoms with Gasteiger partial charge in [0.25, 0.3) is 16.1 Å². The molecular formula is C13H18BrN3O3S. The molecule has 6 nitrogen and oxygen atoms in total. The molecule has 1 aliphatic heterocycles. The topological polar surface area (TPSA) is 60.9 Å². The molecule has 0 aliphatic carbocycles. The van der Waals surface area contributed by atoms with E-state index in [4.69, 9.17) is 0 Å². The average Bonchev–Trinajstić information content (AvgIpc) is 2.47. The van der Waals surface area contributed by atoms with Gasteiger partial charge in [-0.2, -0.15) is 17.0 Å². The molecule has 1 amide bonds. The van der Waals surface area contributed by atoms with Gasteiger partial charge in [-0.25, -0.2) is 0 Å². The van der Waals surface area contributed by atoms with Crippen LogP contribution < -0.4 is 0 Å². The smallest absolute Gasteiger partial charge is 0.281 e. The molecule has 2 rings (SSSR count). The first kappa shape index (κ1) is 16.4. The molecular weight excluding hydrogens is 358 g/mol. The van der Waals surface area contributed by atoms with Crippen LogP contribution in [0.5, 0.6) is 0 Å². The Morgan fingerprint density at radius 1 is 1.14 bits per heavy atom. The van der Waals surface area contributed by atoms with Gasteiger partial charge in [-0.05, 0) is 28.1 Å². The van der Waals surface area contributed by atoms with E-state index in [9.17, 15) is 13.2 Å². The van der Waals surface area contributed by atoms with Crippen molar-refractivity contribution in [3.63, 3.8) is 0 Å². The fourth-order valence-electron chi connectivity index (χ4n) is 2.16. The molecule has 0 spiro atoms. The van der Waals surface area contributed by atoms with Gasteiger partial charge in [0.1, 0.15) is 0 Å². The van der Waals surface area contributed by atoms with E-state index >= 15 is 0 Å². The number of rotatable bonds is 3. The van der Waals surface area contributed by atoms with E-state index in [1.54, 1.807) is 11.0 Å². The van der Waals surface area contributed by atoms with E-state index in [-0.39, 0.29) is 5.91 Å². The molecule has 0 bridgehead atoms. The molecule has 0 unspecified atom stereocenters. The van der Waals surface area contributed by atoms with Crippen LogP contribution in [-0.2, 0) is 10.2 Å². The summed E-state index contributed by atoms with van der Waals surface area (Å²) in [7, 11) is -0.387. The molecule has 0 aromatic heterocycles. The summed E-state index contributed by atoms with van der Waals surface area (Å²) in [4.78, 5) is 14.1. The van der Waals surface area contributed by atoms with E-state index in [0.717, 1.165) is 4.47 Å². The van der Waals surface area contributed by atoms with Crippen LogP contribution in [0, 0.1) is 0 Å². The lowest BCUT2D eigenvalue weighted by Crippen LogP contribution is -2.53. The number of benzene rings is 1. The van der Waals surface area contributed by atoms with E-state index in [1.165, 1.54) is 22.7 Å². The first-order chi connectivity index (χ1) is 9.84. The van der Waals surface area contributed by atoms with Gasteiger partial charge < -0.3 is 4.90 Å². The standard InChI is InChI=1S/C13H18BrN3O3S/c1-15(2)21(19,20)17-9-7-16(8-10-17)13(18)11-5-3-4-6-12(11)14/h3-6H,7-10H2,1-2H3. The average molecular weight is 376 g/mol. The third-order valence-electron chi connectivity index (χ3n) is 3.42. The Morgan fingerprint density at radius 3 is 2.24 bits per heavy atom. The number of amides is 1. The monoisotopic (exact) mass is 375 g/mol. The van der Waals surface area contributed by atoms with Crippen molar-refractivity contribution < 1.29 is 13.2 Å². The summed E-state index contributed by atoms with van der Waals surface area (Å²) in [6.45, 7) is 1.42. The maximum absolute atomic E-state index is 12.4. The van der Waals surface area contributed by atoms with Crippen LogP contribution in [0.3, 0.4) is 0 Å². The zero-order valence-electron chi connectivity index (χ0n) is 12.0. The van der Waals surface area contributed by atoms with Crippen molar-refractivity contribution in [3.05, 3.63) is 34.3 Å². The highest BCUT2D eigenvalue weighted by atomic mass is 79.9. The number of hydrogen-bond acceptors (Lipinski definition) is 3. The summed E-state index contributed by atoms with van der Waals surface area (Å²) in [6.07, 6.45) is 0. The Labute approximate surface area is 133 Å². The van der Waals surface area contributed by atoms with Gasteiger partial charge in [0.2, 0.25) is 0 Å². The minimum atomic E-state index is -3.40. The summed E-state index contributed by atoms with van der Waals surface area (Å²) in [5.41, 5.74) is 0.599. The van der Waals surface area contributed by atoms with Gasteiger partial charge in [-0.3, -0.25) is 4.79 Å². The normalized spacial score (nSPS) is 17.2. The van der Waals surface area contributed by atoms with Crippen LogP contribution in [0.4, 0.5) is 0 Å². The first-order valence-electron chi connectivity index (χ1n) is 6.55. The third-order valence-corrected chi connectivity index (χ3v) is 6.05. The molecule has 1 aliphatic rings. The number of carbonyl (C=O) groups is 1. The highest BCUT2D eigenvalue weighted by Crippen LogP contribution is 2.19. The van der Waals surface area contributed by atoms with E-state index in [1.807, 2.05) is 18.2 Å². The summed E-state index contributed by atoms with van der Waals surface area (Å²) in [5.74, 6) is -0.0793. The van der Waals surface area contributed by atoms with Crippen molar-refractivity contribution >= 4 is 32.0 Å². The van der Waals surface area contributed by atoms with E-state index in [0.29, 0.717) is 31.7 Å². The highest BCUT2D eigenvalue weighted by molar-refractivity contribution is 9.10. The lowest BCUT2D eigenvalue weighted by atomic mass is 10.2. The summed E-state index contributed by atoms with van der Waals surface area (Å²) in [6, 6.07) is 7.24. The quantitative estimate of drug-likeness (QED) is 0.791. The second-order valence-corrected chi connectivity index (χ2v) is 7.96. The van der Waals surface area contributed by atoms with Crippen molar-refractivity contribution in [1.82, 2.24) is 13.5 Å². The van der Waals surface area contributed by atoms with Gasteiger partial charge in [0.15, 0.2) is 0 Å². The zero-order valence-corrected chi connectivity index (χ0v) is 14.4. The molecule has 8 heteroatoms. The van der Waals surface area contributed by atoms with Crippen LogP contribution >= 0.6 is 15.9 Å². The maximum Gasteiger partial charge on any atom is 0.281 e. The summed E-state index contributed by atoms with van der Waals surface area (Å²) in [5, 5.41) is 0. The number of piperazine rings is 1. The van der Waals surface area contributed by atoms with Gasteiger partial charge >= 0.3 is 0 Å². The minimum absolute atomic E-state index is 0.0793. The van der Waals surface area contributed by atoms with E-state index in [2.05, 4.69) is 15.9 Å². The SMILES string of the molecule is CN(C)S(=O)(=O)N1CCN(C(=O)c2ccccc2Br)CC1. The van der Waals surface area contributed by atoms with Crippen LogP contribution in [0.15, 0.2) is 28.7 Å². The lowest BCUT2D eigenvalue weighted by molar-refractivity contribution is 0.0694. The van der Waals surface area contributed by atoms with Crippen LogP contribution in [-0.4, -0.2) is 68.1 Å². The number of carbonyl (C=O) groups excluding carboxylic acids is 1. The first-order valence-corrected chi connectivity index (χ1v) is 8.74. The van der Waals surface area contributed by atoms with Crippen LogP contribution in [0.1, 0.15) is 10.4 Å². The Bertz CT molecular complexity index is 625. The van der Waals surface area contributed by atoms with Gasteiger partial charge in [-0.1, -0.05) is 12.1 Å². The molecule has 1 aromatic rings. The number of hydrogen-bond donors (Lipinski definition) is 0. The molecule has 0 saturated carbocycles. The molecule has 0 atom stereocenters. The molecule has 0 radical (unpaired) electrons. The van der Waals surface area contributed by atoms with Crippen molar-refractivity contribution in [2.24, 2.45) is 0 Å². The fourth-order valence-corrected chi connectivity index (χ4v) is 3.70. The minimum Gasteiger partial charge on any atom is -0.336 e. The van der Waals surface area contributed by atoms with Crippen molar-refractivity contribution in [3.8, 4) is 0 Å². The summed E-state index contributed by atoms with van der Waals surface area (Å²) >= 11 is 3.37. The maximum atomic E-state index is 12.4. The van der Waals surface area contributed by atoms with Crippen molar-refractivity contribution in [2.75, 3.05) is 40.3 Å². The Morgan fingerprint density at radius 2 is 1.71 bits per heavy atom. The molecule has 1 fully saturated rings. The second-order valence-electron chi connectivity index (χ2n) is 4.96. The largest absolute Gasteiger partial charge is 0.336 e. The van der Waals surface area contributed by atoms with Gasteiger partial charge in [0.05, 0.1) is 5.56 Å². The Balaban J connectivity index is 2.05. The van der Waals surface area contributed by atoms with E-state index < -0.39 is 10.2 Å². The molecule has 1 heterocycles. The molecule has 21 heavy (non-hydrogen) atoms. The zero-order chi connectivity index (χ0) is 15.6. The fraction of sp³-hybridized carbons (Fsp3) is 0.462. The second kappa shape index (κ2) is 6.43. The number of halogens is 1. The van der Waals surface area contributed by atoms with Gasteiger partial charge in [-0.15, -0.1) is 0 Å². The summed E-state index contributed by atoms with van der Waals surface area (Å²) < 4.78 is 27.4. The third kappa shape index (κ3) is 3.45. The predicted octanol–water partition coefficient (Wildman–Crippen LogP) is 1.01. The molecule has 1 aromatic carbocycles. The van der Waals surface area contributed by atoms with Crippen molar-refractivity contribution in [1.29, 1.82) is 0 Å². The Hall–Kier alpha value is -0.960. The predicted molar refractivity (Wildman–Crippen MR) is 84.2 cm³/mol. The van der Waals surface area contributed by atoms with Crippen molar-refractivity contribution in [2.45, 2.75) is 0 Å². The van der Waals surface area contributed by atoms with Gasteiger partial charge in [0, 0.05) is 44.7 Å². The molecule has 116 valence electrons. The van der Waals surface area contributed by atoms with Crippen LogP contribution in [0.25, 0.3) is 0 Å². The number of nitrogens with zero attached hydrogens (tertiary/aromatic N) is 3. The molecule has 1 saturated heterocycles.